The summed E-state index contributed by atoms with van der Waals surface area (Å²) in [5.74, 6) is -0.218. The first-order valence-electron chi connectivity index (χ1n) is 8.55. The van der Waals surface area contributed by atoms with Crippen LogP contribution in [-0.2, 0) is 9.59 Å². The Labute approximate surface area is 152 Å². The lowest BCUT2D eigenvalue weighted by Gasteiger charge is -2.20. The molecule has 26 heavy (non-hydrogen) atoms. The first-order chi connectivity index (χ1) is 12.5. The Morgan fingerprint density at radius 1 is 1.08 bits per heavy atom. The maximum absolute atomic E-state index is 12.7. The maximum atomic E-state index is 12.7. The quantitative estimate of drug-likeness (QED) is 0.740. The Hall–Kier alpha value is -3.15. The fourth-order valence-electron chi connectivity index (χ4n) is 2.92. The fraction of sp³-hybridized carbons (Fsp3) is 0.250. The number of aromatic nitrogens is 2. The summed E-state index contributed by atoms with van der Waals surface area (Å²) in [6, 6.07) is 14.6. The summed E-state index contributed by atoms with van der Waals surface area (Å²) in [6.07, 6.45) is 1.69. The van der Waals surface area contributed by atoms with Crippen LogP contribution in [0.25, 0.3) is 11.0 Å². The summed E-state index contributed by atoms with van der Waals surface area (Å²) >= 11 is 0. The zero-order valence-electron chi connectivity index (χ0n) is 15.1. The van der Waals surface area contributed by atoms with Crippen LogP contribution in [0.5, 0.6) is 0 Å². The molecule has 6 nitrogen and oxygen atoms in total. The van der Waals surface area contributed by atoms with Crippen LogP contribution in [0.4, 0.5) is 5.69 Å². The minimum Gasteiger partial charge on any atom is -0.348 e. The number of carbonyl (C=O) groups is 2. The summed E-state index contributed by atoms with van der Waals surface area (Å²) in [4.78, 5) is 28.3. The Kier molecular flexibility index (Phi) is 5.02. The van der Waals surface area contributed by atoms with Gasteiger partial charge in [0.25, 0.3) is 0 Å². The smallest absolute Gasteiger partial charge is 0.243 e. The molecule has 0 aliphatic carbocycles. The van der Waals surface area contributed by atoms with Gasteiger partial charge in [-0.25, -0.2) is 4.98 Å². The minimum absolute atomic E-state index is 0.0921. The van der Waals surface area contributed by atoms with E-state index in [2.05, 4.69) is 15.6 Å². The number of anilines is 1. The predicted molar refractivity (Wildman–Crippen MR) is 102 cm³/mol. The summed E-state index contributed by atoms with van der Waals surface area (Å²) in [5.41, 5.74) is 3.43. The Morgan fingerprint density at radius 2 is 1.85 bits per heavy atom. The molecule has 2 amide bonds. The van der Waals surface area contributed by atoms with E-state index in [9.17, 15) is 9.59 Å². The van der Waals surface area contributed by atoms with Gasteiger partial charge in [-0.2, -0.15) is 0 Å². The van der Waals surface area contributed by atoms with Crippen molar-refractivity contribution in [3.05, 3.63) is 60.4 Å². The van der Waals surface area contributed by atoms with Crippen molar-refractivity contribution in [2.45, 2.75) is 32.9 Å². The molecule has 0 unspecified atom stereocenters. The largest absolute Gasteiger partial charge is 0.348 e. The van der Waals surface area contributed by atoms with Crippen LogP contribution >= 0.6 is 0 Å². The van der Waals surface area contributed by atoms with Gasteiger partial charge in [0.05, 0.1) is 23.4 Å². The zero-order chi connectivity index (χ0) is 18.7. The lowest BCUT2D eigenvalue weighted by molar-refractivity contribution is -0.124. The molecule has 6 heteroatoms. The minimum atomic E-state index is -0.386. The van der Waals surface area contributed by atoms with Crippen molar-refractivity contribution in [3.63, 3.8) is 0 Å². The van der Waals surface area contributed by atoms with Gasteiger partial charge in [-0.05, 0) is 43.7 Å². The summed E-state index contributed by atoms with van der Waals surface area (Å²) < 4.78 is 1.87. The molecular formula is C20H22N4O2. The second-order valence-electron chi connectivity index (χ2n) is 6.35. The van der Waals surface area contributed by atoms with Crippen molar-refractivity contribution in [3.8, 4) is 0 Å². The maximum Gasteiger partial charge on any atom is 0.243 e. The van der Waals surface area contributed by atoms with E-state index in [1.54, 1.807) is 6.33 Å². The molecule has 3 rings (SSSR count). The van der Waals surface area contributed by atoms with Crippen molar-refractivity contribution >= 4 is 28.5 Å². The summed E-state index contributed by atoms with van der Waals surface area (Å²) in [5, 5.41) is 5.78. The monoisotopic (exact) mass is 350 g/mol. The molecule has 1 aromatic heterocycles. The zero-order valence-corrected chi connectivity index (χ0v) is 15.1. The second-order valence-corrected chi connectivity index (χ2v) is 6.35. The van der Waals surface area contributed by atoms with Crippen molar-refractivity contribution in [2.24, 2.45) is 0 Å². The summed E-state index contributed by atoms with van der Waals surface area (Å²) in [6.45, 7) is 5.24. The normalized spacial score (nSPS) is 13.2. The van der Waals surface area contributed by atoms with E-state index in [1.807, 2.05) is 66.9 Å². The van der Waals surface area contributed by atoms with E-state index in [0.29, 0.717) is 5.69 Å². The average Bonchev–Trinajstić information content (AvgIpc) is 3.04. The molecule has 0 aliphatic heterocycles. The predicted octanol–water partition coefficient (Wildman–Crippen LogP) is 3.43. The van der Waals surface area contributed by atoms with Gasteiger partial charge in [0.1, 0.15) is 6.04 Å². The third-order valence-electron chi connectivity index (χ3n) is 4.34. The number of hydrogen-bond donors (Lipinski definition) is 2. The van der Waals surface area contributed by atoms with Crippen molar-refractivity contribution in [1.82, 2.24) is 14.9 Å². The highest BCUT2D eigenvalue weighted by Gasteiger charge is 2.19. The second kappa shape index (κ2) is 7.39. The first-order valence-corrected chi connectivity index (χ1v) is 8.55. The molecule has 1 heterocycles. The number of hydrogen-bond acceptors (Lipinski definition) is 3. The van der Waals surface area contributed by atoms with Crippen LogP contribution < -0.4 is 10.6 Å². The third-order valence-corrected chi connectivity index (χ3v) is 4.34. The Morgan fingerprint density at radius 3 is 2.62 bits per heavy atom. The van der Waals surface area contributed by atoms with Crippen LogP contribution in [-0.4, -0.2) is 21.4 Å². The molecule has 0 fully saturated rings. The van der Waals surface area contributed by atoms with Gasteiger partial charge in [-0.15, -0.1) is 0 Å². The van der Waals surface area contributed by atoms with Crippen molar-refractivity contribution < 1.29 is 9.59 Å². The van der Waals surface area contributed by atoms with E-state index in [0.717, 1.165) is 16.6 Å². The van der Waals surface area contributed by atoms with Gasteiger partial charge >= 0.3 is 0 Å². The topological polar surface area (TPSA) is 76.0 Å². The number of carbonyl (C=O) groups excluding carboxylic acids is 2. The van der Waals surface area contributed by atoms with E-state index >= 15 is 0 Å². The number of imidazole rings is 1. The van der Waals surface area contributed by atoms with E-state index in [-0.39, 0.29) is 23.9 Å². The van der Waals surface area contributed by atoms with Gasteiger partial charge in [0, 0.05) is 12.6 Å². The first kappa shape index (κ1) is 17.7. The number of amides is 2. The lowest BCUT2D eigenvalue weighted by Crippen LogP contribution is -2.32. The number of rotatable bonds is 5. The summed E-state index contributed by atoms with van der Waals surface area (Å²) in [7, 11) is 0. The van der Waals surface area contributed by atoms with Crippen LogP contribution in [0.3, 0.4) is 0 Å². The van der Waals surface area contributed by atoms with E-state index < -0.39 is 0 Å². The molecule has 2 N–H and O–H groups in total. The van der Waals surface area contributed by atoms with Gasteiger partial charge in [0.2, 0.25) is 11.8 Å². The number of benzene rings is 2. The molecule has 0 saturated carbocycles. The molecular weight excluding hydrogens is 328 g/mol. The molecule has 2 aromatic carbocycles. The highest BCUT2D eigenvalue weighted by Crippen LogP contribution is 2.20. The van der Waals surface area contributed by atoms with Crippen LogP contribution in [0.15, 0.2) is 54.9 Å². The van der Waals surface area contributed by atoms with E-state index in [4.69, 9.17) is 0 Å². The van der Waals surface area contributed by atoms with Crippen LogP contribution in [0, 0.1) is 0 Å². The molecule has 0 radical (unpaired) electrons. The van der Waals surface area contributed by atoms with Crippen LogP contribution in [0.2, 0.25) is 0 Å². The molecule has 2 atom stereocenters. The number of para-hydroxylation sites is 2. The highest BCUT2D eigenvalue weighted by atomic mass is 16.2. The van der Waals surface area contributed by atoms with Gasteiger partial charge < -0.3 is 15.2 Å². The lowest BCUT2D eigenvalue weighted by atomic mass is 10.1. The number of fused-ring (bicyclic) bond motifs is 1. The fourth-order valence-corrected chi connectivity index (χ4v) is 2.92. The molecule has 0 bridgehead atoms. The third kappa shape index (κ3) is 3.74. The SMILES string of the molecule is CC(=O)Nc1cccc([C@@H](C)NC(=O)[C@@H](C)n2cnc3ccccc32)c1. The van der Waals surface area contributed by atoms with Gasteiger partial charge in [-0.3, -0.25) is 9.59 Å². The van der Waals surface area contributed by atoms with Gasteiger partial charge in [-0.1, -0.05) is 24.3 Å². The van der Waals surface area contributed by atoms with Crippen LogP contribution in [0.1, 0.15) is 38.4 Å². The molecule has 134 valence electrons. The van der Waals surface area contributed by atoms with E-state index in [1.165, 1.54) is 6.92 Å². The molecule has 0 saturated heterocycles. The average molecular weight is 350 g/mol. The Balaban J connectivity index is 1.73. The van der Waals surface area contributed by atoms with Gasteiger partial charge in [0.15, 0.2) is 0 Å². The Bertz CT molecular complexity index is 948. The highest BCUT2D eigenvalue weighted by molar-refractivity contribution is 5.88. The van der Waals surface area contributed by atoms with Crippen molar-refractivity contribution in [1.29, 1.82) is 0 Å². The number of nitrogens with zero attached hydrogens (tertiary/aromatic N) is 2. The molecule has 0 aliphatic rings. The van der Waals surface area contributed by atoms with Crippen molar-refractivity contribution in [2.75, 3.05) is 5.32 Å². The molecule has 0 spiro atoms. The number of nitrogens with one attached hydrogen (secondary N) is 2. The molecule has 3 aromatic rings. The standard InChI is InChI=1S/C20H22N4O2/c1-13(16-7-6-8-17(11-16)23-15(3)25)22-20(26)14(2)24-12-21-18-9-4-5-10-19(18)24/h4-14H,1-3H3,(H,22,26)(H,23,25)/t13-,14-/m1/s1.